The van der Waals surface area contributed by atoms with Crippen molar-refractivity contribution in [2.45, 2.75) is 42.9 Å². The molecule has 1 saturated heterocycles. The molecule has 24 heavy (non-hydrogen) atoms. The summed E-state index contributed by atoms with van der Waals surface area (Å²) >= 11 is 0. The number of benzene rings is 1. The Hall–Kier alpha value is -1.73. The van der Waals surface area contributed by atoms with Crippen molar-refractivity contribution in [1.82, 2.24) is 19.1 Å². The molecule has 1 fully saturated rings. The molecule has 0 saturated carbocycles. The highest BCUT2D eigenvalue weighted by atomic mass is 32.2. The molecule has 0 spiro atoms. The monoisotopic (exact) mass is 346 g/mol. The van der Waals surface area contributed by atoms with Crippen molar-refractivity contribution in [1.29, 1.82) is 0 Å². The van der Waals surface area contributed by atoms with Crippen LogP contribution in [0.15, 0.2) is 29.4 Å². The number of piperidine rings is 1. The second-order valence-electron chi connectivity index (χ2n) is 6.79. The Morgan fingerprint density at radius 2 is 2.00 bits per heavy atom. The third kappa shape index (κ3) is 2.65. The van der Waals surface area contributed by atoms with Gasteiger partial charge < -0.3 is 4.57 Å². The summed E-state index contributed by atoms with van der Waals surface area (Å²) in [5, 5.41) is 8.09. The first-order valence-electron chi connectivity index (χ1n) is 8.51. The van der Waals surface area contributed by atoms with Gasteiger partial charge in [0.2, 0.25) is 10.0 Å². The van der Waals surface area contributed by atoms with Crippen molar-refractivity contribution >= 4 is 10.0 Å². The van der Waals surface area contributed by atoms with E-state index in [1.807, 2.05) is 23.7 Å². The highest BCUT2D eigenvalue weighted by Gasteiger charge is 2.33. The molecule has 2 aliphatic rings. The fourth-order valence-electron chi connectivity index (χ4n) is 3.89. The topological polar surface area (TPSA) is 68.1 Å². The van der Waals surface area contributed by atoms with Gasteiger partial charge in [-0.15, -0.1) is 10.2 Å². The highest BCUT2D eigenvalue weighted by Crippen LogP contribution is 2.31. The second-order valence-corrected chi connectivity index (χ2v) is 8.72. The Morgan fingerprint density at radius 3 is 2.79 bits per heavy atom. The van der Waals surface area contributed by atoms with Gasteiger partial charge in [-0.1, -0.05) is 6.07 Å². The largest absolute Gasteiger partial charge is 0.320 e. The number of hydrogen-bond donors (Lipinski definition) is 0. The van der Waals surface area contributed by atoms with Crippen LogP contribution in [0.2, 0.25) is 0 Å². The average Bonchev–Trinajstić information content (AvgIpc) is 3.22. The standard InChI is InChI=1S/C17H22N4O2S/c1-20-12-18-19-17(20)15-6-3-9-21(11-15)24(22,23)16-8-7-13-4-2-5-14(13)10-16/h7-8,10,12,15H,2-6,9,11H2,1H3/t15-/m1/s1. The van der Waals surface area contributed by atoms with Gasteiger partial charge in [0.25, 0.3) is 0 Å². The third-order valence-electron chi connectivity index (χ3n) is 5.20. The van der Waals surface area contributed by atoms with Crippen LogP contribution < -0.4 is 0 Å². The maximum Gasteiger partial charge on any atom is 0.243 e. The first-order valence-corrected chi connectivity index (χ1v) is 9.95. The fourth-order valence-corrected chi connectivity index (χ4v) is 5.47. The van der Waals surface area contributed by atoms with Crippen LogP contribution in [0, 0.1) is 0 Å². The van der Waals surface area contributed by atoms with Gasteiger partial charge in [-0.3, -0.25) is 0 Å². The number of fused-ring (bicyclic) bond motifs is 1. The normalized spacial score (nSPS) is 21.8. The van der Waals surface area contributed by atoms with Crippen LogP contribution >= 0.6 is 0 Å². The lowest BCUT2D eigenvalue weighted by molar-refractivity contribution is 0.306. The Labute approximate surface area is 142 Å². The molecule has 6 nitrogen and oxygen atoms in total. The van der Waals surface area contributed by atoms with Gasteiger partial charge in [-0.2, -0.15) is 4.31 Å². The summed E-state index contributed by atoms with van der Waals surface area (Å²) in [5.74, 6) is 0.972. The Morgan fingerprint density at radius 1 is 1.17 bits per heavy atom. The summed E-state index contributed by atoms with van der Waals surface area (Å²) < 4.78 is 29.6. The SMILES string of the molecule is Cn1cnnc1[C@@H]1CCCN(S(=O)(=O)c2ccc3c(c2)CCC3)C1. The summed E-state index contributed by atoms with van der Waals surface area (Å²) in [7, 11) is -1.54. The van der Waals surface area contributed by atoms with Crippen molar-refractivity contribution in [3.8, 4) is 0 Å². The predicted octanol–water partition coefficient (Wildman–Crippen LogP) is 1.87. The molecule has 2 heterocycles. The molecule has 1 aromatic heterocycles. The van der Waals surface area contributed by atoms with Crippen molar-refractivity contribution in [2.75, 3.05) is 13.1 Å². The van der Waals surface area contributed by atoms with Gasteiger partial charge in [0.1, 0.15) is 12.2 Å². The van der Waals surface area contributed by atoms with Crippen LogP contribution in [-0.4, -0.2) is 40.6 Å². The Balaban J connectivity index is 1.61. The first-order chi connectivity index (χ1) is 11.6. The van der Waals surface area contributed by atoms with Gasteiger partial charge in [-0.25, -0.2) is 8.42 Å². The average molecular weight is 346 g/mol. The van der Waals surface area contributed by atoms with Crippen LogP contribution in [0.1, 0.15) is 42.1 Å². The van der Waals surface area contributed by atoms with Crippen LogP contribution in [0.25, 0.3) is 0 Å². The molecular weight excluding hydrogens is 324 g/mol. The maximum atomic E-state index is 13.1. The fraction of sp³-hybridized carbons (Fsp3) is 0.529. The van der Waals surface area contributed by atoms with Gasteiger partial charge in [-0.05, 0) is 55.4 Å². The minimum Gasteiger partial charge on any atom is -0.320 e. The number of aromatic nitrogens is 3. The van der Waals surface area contributed by atoms with E-state index in [2.05, 4.69) is 10.2 Å². The zero-order valence-electron chi connectivity index (χ0n) is 13.9. The lowest BCUT2D eigenvalue weighted by atomic mass is 9.99. The molecule has 0 radical (unpaired) electrons. The predicted molar refractivity (Wildman–Crippen MR) is 90.2 cm³/mol. The zero-order chi connectivity index (χ0) is 16.7. The van der Waals surface area contributed by atoms with Gasteiger partial charge in [0.05, 0.1) is 4.90 Å². The molecule has 7 heteroatoms. The van der Waals surface area contributed by atoms with Crippen LogP contribution in [0.5, 0.6) is 0 Å². The van der Waals surface area contributed by atoms with Crippen LogP contribution in [0.3, 0.4) is 0 Å². The van der Waals surface area contributed by atoms with E-state index in [1.165, 1.54) is 11.1 Å². The molecule has 1 atom stereocenters. The van der Waals surface area contributed by atoms with Crippen LogP contribution in [0.4, 0.5) is 0 Å². The number of rotatable bonds is 3. The Kier molecular flexibility index (Phi) is 3.92. The van der Waals surface area contributed by atoms with E-state index in [0.717, 1.165) is 37.9 Å². The van der Waals surface area contributed by atoms with E-state index in [9.17, 15) is 8.42 Å². The van der Waals surface area contributed by atoms with E-state index in [4.69, 9.17) is 0 Å². The van der Waals surface area contributed by atoms with Gasteiger partial charge in [0, 0.05) is 26.1 Å². The van der Waals surface area contributed by atoms with Crippen molar-refractivity contribution in [3.63, 3.8) is 0 Å². The van der Waals surface area contributed by atoms with E-state index in [1.54, 1.807) is 16.7 Å². The number of hydrogen-bond acceptors (Lipinski definition) is 4. The molecule has 0 bridgehead atoms. The molecule has 0 amide bonds. The minimum absolute atomic E-state index is 0.107. The van der Waals surface area contributed by atoms with E-state index in [-0.39, 0.29) is 5.92 Å². The lowest BCUT2D eigenvalue weighted by Crippen LogP contribution is -2.39. The summed E-state index contributed by atoms with van der Waals surface area (Å²) in [5.41, 5.74) is 2.49. The number of aryl methyl sites for hydroxylation is 3. The number of nitrogens with zero attached hydrogens (tertiary/aromatic N) is 4. The molecule has 1 aliphatic heterocycles. The molecule has 1 aromatic carbocycles. The third-order valence-corrected chi connectivity index (χ3v) is 7.06. The molecule has 0 N–H and O–H groups in total. The quantitative estimate of drug-likeness (QED) is 0.851. The molecule has 2 aromatic rings. The van der Waals surface area contributed by atoms with Gasteiger partial charge >= 0.3 is 0 Å². The van der Waals surface area contributed by atoms with Crippen molar-refractivity contribution < 1.29 is 8.42 Å². The van der Waals surface area contributed by atoms with E-state index in [0.29, 0.717) is 18.0 Å². The number of sulfonamides is 1. The van der Waals surface area contributed by atoms with Crippen LogP contribution in [-0.2, 0) is 29.9 Å². The molecule has 0 unspecified atom stereocenters. The minimum atomic E-state index is -3.44. The maximum absolute atomic E-state index is 13.1. The molecule has 1 aliphatic carbocycles. The van der Waals surface area contributed by atoms with Crippen molar-refractivity contribution in [2.24, 2.45) is 7.05 Å². The van der Waals surface area contributed by atoms with E-state index < -0.39 is 10.0 Å². The summed E-state index contributed by atoms with van der Waals surface area (Å²) in [6.07, 6.45) is 6.64. The van der Waals surface area contributed by atoms with Gasteiger partial charge in [0.15, 0.2) is 0 Å². The molecule has 128 valence electrons. The van der Waals surface area contributed by atoms with Crippen molar-refractivity contribution in [3.05, 3.63) is 41.5 Å². The molecule has 4 rings (SSSR count). The summed E-state index contributed by atoms with van der Waals surface area (Å²) in [6, 6.07) is 5.63. The smallest absolute Gasteiger partial charge is 0.243 e. The summed E-state index contributed by atoms with van der Waals surface area (Å²) in [6.45, 7) is 1.06. The highest BCUT2D eigenvalue weighted by molar-refractivity contribution is 7.89. The summed E-state index contributed by atoms with van der Waals surface area (Å²) in [4.78, 5) is 0.432. The first kappa shape index (κ1) is 15.8. The lowest BCUT2D eigenvalue weighted by Gasteiger charge is -2.31. The zero-order valence-corrected chi connectivity index (χ0v) is 14.7. The molecular formula is C17H22N4O2S. The Bertz CT molecular complexity index is 859. The van der Waals surface area contributed by atoms with E-state index >= 15 is 0 Å². The second kappa shape index (κ2) is 5.97.